The van der Waals surface area contributed by atoms with Crippen molar-refractivity contribution in [2.75, 3.05) is 7.11 Å². The van der Waals surface area contributed by atoms with Gasteiger partial charge in [-0.25, -0.2) is 4.98 Å². The number of hydrogen-bond acceptors (Lipinski definition) is 2. The first kappa shape index (κ1) is 14.4. The number of methoxy groups -OCH3 is 1. The highest BCUT2D eigenvalue weighted by atomic mass is 79.9. The number of fused-ring (bicyclic) bond motifs is 1. The van der Waals surface area contributed by atoms with Gasteiger partial charge in [-0.15, -0.1) is 11.6 Å². The van der Waals surface area contributed by atoms with Gasteiger partial charge in [0.2, 0.25) is 0 Å². The Bertz CT molecular complexity index is 813. The first-order valence-electron chi connectivity index (χ1n) is 6.52. The Morgan fingerprint density at radius 3 is 2.81 bits per heavy atom. The van der Waals surface area contributed by atoms with Gasteiger partial charge in [0.05, 0.1) is 24.4 Å². The highest BCUT2D eigenvalue weighted by Crippen LogP contribution is 2.33. The average molecular weight is 366 g/mol. The summed E-state index contributed by atoms with van der Waals surface area (Å²) in [4.78, 5) is 4.74. The molecule has 2 aromatic heterocycles. The van der Waals surface area contributed by atoms with E-state index in [1.165, 1.54) is 0 Å². The number of ether oxygens (including phenoxy) is 1. The third-order valence-electron chi connectivity index (χ3n) is 3.49. The van der Waals surface area contributed by atoms with Crippen molar-refractivity contribution >= 4 is 33.2 Å². The molecule has 0 bridgehead atoms. The van der Waals surface area contributed by atoms with Crippen molar-refractivity contribution in [3.05, 3.63) is 52.3 Å². The molecule has 21 heavy (non-hydrogen) atoms. The molecule has 0 radical (unpaired) electrons. The minimum Gasteiger partial charge on any atom is -0.496 e. The summed E-state index contributed by atoms with van der Waals surface area (Å²) < 4.78 is 8.49. The summed E-state index contributed by atoms with van der Waals surface area (Å²) in [5.74, 6) is 1.17. The maximum Gasteiger partial charge on any atom is 0.138 e. The predicted molar refractivity (Wildman–Crippen MR) is 89.2 cm³/mol. The van der Waals surface area contributed by atoms with Gasteiger partial charge in [0.1, 0.15) is 11.4 Å². The monoisotopic (exact) mass is 364 g/mol. The second-order valence-electron chi connectivity index (χ2n) is 4.77. The van der Waals surface area contributed by atoms with Gasteiger partial charge in [-0.1, -0.05) is 12.1 Å². The number of imidazole rings is 1. The molecule has 0 N–H and O–H groups in total. The van der Waals surface area contributed by atoms with Crippen molar-refractivity contribution in [2.24, 2.45) is 0 Å². The van der Waals surface area contributed by atoms with Crippen molar-refractivity contribution in [2.45, 2.75) is 12.8 Å². The smallest absolute Gasteiger partial charge is 0.138 e. The van der Waals surface area contributed by atoms with Crippen molar-refractivity contribution in [3.63, 3.8) is 0 Å². The van der Waals surface area contributed by atoms with E-state index < -0.39 is 0 Å². The zero-order valence-corrected chi connectivity index (χ0v) is 14.1. The lowest BCUT2D eigenvalue weighted by atomic mass is 10.1. The Hall–Kier alpha value is -1.52. The summed E-state index contributed by atoms with van der Waals surface area (Å²) in [6, 6.07) is 9.89. The van der Waals surface area contributed by atoms with E-state index in [0.717, 1.165) is 38.4 Å². The summed E-state index contributed by atoms with van der Waals surface area (Å²) in [7, 11) is 1.66. The molecular weight excluding hydrogens is 352 g/mol. The number of benzene rings is 1. The Balaban J connectivity index is 2.32. The first-order chi connectivity index (χ1) is 10.2. The molecule has 3 nitrogen and oxygen atoms in total. The molecule has 0 fully saturated rings. The van der Waals surface area contributed by atoms with E-state index in [4.69, 9.17) is 21.3 Å². The highest BCUT2D eigenvalue weighted by Gasteiger charge is 2.17. The SMILES string of the molecule is COc1ccccc1-c1nc2cc(C)c(Br)cn2c1CCl. The van der Waals surface area contributed by atoms with Crippen LogP contribution in [-0.4, -0.2) is 16.5 Å². The second-order valence-corrected chi connectivity index (χ2v) is 5.90. The molecule has 0 saturated carbocycles. The van der Waals surface area contributed by atoms with Gasteiger partial charge >= 0.3 is 0 Å². The number of alkyl halides is 1. The quantitative estimate of drug-likeness (QED) is 0.622. The summed E-state index contributed by atoms with van der Waals surface area (Å²) in [6.07, 6.45) is 2.01. The van der Waals surface area contributed by atoms with Gasteiger partial charge in [0, 0.05) is 16.2 Å². The minimum absolute atomic E-state index is 0.379. The Labute approximate surface area is 136 Å². The number of pyridine rings is 1. The molecule has 1 aromatic carbocycles. The predicted octanol–water partition coefficient (Wildman–Crippen LogP) is 4.82. The largest absolute Gasteiger partial charge is 0.496 e. The molecule has 0 amide bonds. The Morgan fingerprint density at radius 2 is 2.10 bits per heavy atom. The van der Waals surface area contributed by atoms with Crippen LogP contribution < -0.4 is 4.74 Å². The number of nitrogens with zero attached hydrogens (tertiary/aromatic N) is 2. The molecule has 0 aliphatic heterocycles. The summed E-state index contributed by atoms with van der Waals surface area (Å²) in [5.41, 5.74) is 4.79. The standard InChI is InChI=1S/C16H14BrClN2O/c1-10-7-15-19-16(11-5-3-4-6-14(11)21-2)13(8-18)20(15)9-12(10)17/h3-7,9H,8H2,1-2H3. The molecule has 108 valence electrons. The van der Waals surface area contributed by atoms with Crippen LogP contribution in [0.15, 0.2) is 41.0 Å². The van der Waals surface area contributed by atoms with Gasteiger partial charge in [-0.2, -0.15) is 0 Å². The number of aryl methyl sites for hydroxylation is 1. The number of para-hydroxylation sites is 1. The van der Waals surface area contributed by atoms with Crippen LogP contribution in [-0.2, 0) is 5.88 Å². The van der Waals surface area contributed by atoms with Crippen molar-refractivity contribution in [3.8, 4) is 17.0 Å². The third kappa shape index (κ3) is 2.43. The van der Waals surface area contributed by atoms with E-state index in [1.807, 2.05) is 47.9 Å². The van der Waals surface area contributed by atoms with Crippen molar-refractivity contribution < 1.29 is 4.74 Å². The molecule has 0 aliphatic rings. The minimum atomic E-state index is 0.379. The van der Waals surface area contributed by atoms with E-state index >= 15 is 0 Å². The Kier molecular flexibility index (Phi) is 3.91. The molecular formula is C16H14BrClN2O. The van der Waals surface area contributed by atoms with E-state index in [-0.39, 0.29) is 0 Å². The fourth-order valence-corrected chi connectivity index (χ4v) is 2.97. The fraction of sp³-hybridized carbons (Fsp3) is 0.188. The lowest BCUT2D eigenvalue weighted by Gasteiger charge is -2.07. The van der Waals surface area contributed by atoms with E-state index in [0.29, 0.717) is 5.88 Å². The van der Waals surface area contributed by atoms with Crippen LogP contribution >= 0.6 is 27.5 Å². The molecule has 3 aromatic rings. The molecule has 0 spiro atoms. The Morgan fingerprint density at radius 1 is 1.33 bits per heavy atom. The van der Waals surface area contributed by atoms with Gasteiger partial charge in [0.15, 0.2) is 0 Å². The molecule has 0 unspecified atom stereocenters. The van der Waals surface area contributed by atoms with E-state index in [2.05, 4.69) is 15.9 Å². The van der Waals surface area contributed by atoms with Gasteiger partial charge in [-0.05, 0) is 46.6 Å². The summed E-state index contributed by atoms with van der Waals surface area (Å²) in [6.45, 7) is 2.04. The van der Waals surface area contributed by atoms with Crippen LogP contribution in [0.4, 0.5) is 0 Å². The van der Waals surface area contributed by atoms with E-state index in [9.17, 15) is 0 Å². The normalized spacial score (nSPS) is 11.0. The van der Waals surface area contributed by atoms with Crippen LogP contribution in [0.3, 0.4) is 0 Å². The third-order valence-corrected chi connectivity index (χ3v) is 4.57. The lowest BCUT2D eigenvalue weighted by Crippen LogP contribution is -1.94. The van der Waals surface area contributed by atoms with Crippen molar-refractivity contribution in [1.29, 1.82) is 0 Å². The number of aromatic nitrogens is 2. The van der Waals surface area contributed by atoms with Crippen molar-refractivity contribution in [1.82, 2.24) is 9.38 Å². The highest BCUT2D eigenvalue weighted by molar-refractivity contribution is 9.10. The molecule has 2 heterocycles. The topological polar surface area (TPSA) is 26.5 Å². The number of halogens is 2. The van der Waals surface area contributed by atoms with Crippen LogP contribution in [0.25, 0.3) is 16.9 Å². The molecule has 5 heteroatoms. The molecule has 3 rings (SSSR count). The van der Waals surface area contributed by atoms with Crippen LogP contribution in [0.5, 0.6) is 5.75 Å². The first-order valence-corrected chi connectivity index (χ1v) is 7.85. The van der Waals surface area contributed by atoms with Gasteiger partial charge in [-0.3, -0.25) is 0 Å². The maximum absolute atomic E-state index is 6.17. The summed E-state index contributed by atoms with van der Waals surface area (Å²) in [5, 5.41) is 0. The van der Waals surface area contributed by atoms with Crippen LogP contribution in [0, 0.1) is 6.92 Å². The maximum atomic E-state index is 6.17. The van der Waals surface area contributed by atoms with E-state index in [1.54, 1.807) is 7.11 Å². The molecule has 0 saturated heterocycles. The average Bonchev–Trinajstić information content (AvgIpc) is 2.85. The van der Waals surface area contributed by atoms with Crippen LogP contribution in [0.2, 0.25) is 0 Å². The lowest BCUT2D eigenvalue weighted by molar-refractivity contribution is 0.416. The number of hydrogen-bond donors (Lipinski definition) is 0. The zero-order chi connectivity index (χ0) is 15.0. The molecule has 0 atom stereocenters. The van der Waals surface area contributed by atoms with Gasteiger partial charge in [0.25, 0.3) is 0 Å². The zero-order valence-electron chi connectivity index (χ0n) is 11.7. The van der Waals surface area contributed by atoms with Crippen LogP contribution in [0.1, 0.15) is 11.3 Å². The summed E-state index contributed by atoms with van der Waals surface area (Å²) >= 11 is 9.73. The van der Waals surface area contributed by atoms with Gasteiger partial charge < -0.3 is 9.14 Å². The number of rotatable bonds is 3. The second kappa shape index (κ2) is 5.70. The fourth-order valence-electron chi connectivity index (χ4n) is 2.39. The molecule has 0 aliphatic carbocycles.